The Labute approximate surface area is 163 Å². The van der Waals surface area contributed by atoms with Crippen LogP contribution in [0.15, 0.2) is 42.5 Å². The predicted molar refractivity (Wildman–Crippen MR) is 107 cm³/mol. The average Bonchev–Trinajstić information content (AvgIpc) is 2.62. The molecule has 26 heavy (non-hydrogen) atoms. The third-order valence-corrected chi connectivity index (χ3v) is 5.13. The number of nitrogens with one attached hydrogen (secondary N) is 1. The van der Waals surface area contributed by atoms with E-state index in [0.717, 1.165) is 0 Å². The highest BCUT2D eigenvalue weighted by Crippen LogP contribution is 2.23. The van der Waals surface area contributed by atoms with E-state index in [9.17, 15) is 9.18 Å². The van der Waals surface area contributed by atoms with Crippen molar-refractivity contribution in [3.63, 3.8) is 0 Å². The zero-order valence-electron chi connectivity index (χ0n) is 14.9. The highest BCUT2D eigenvalue weighted by atomic mass is 35.5. The van der Waals surface area contributed by atoms with E-state index < -0.39 is 0 Å². The van der Waals surface area contributed by atoms with E-state index in [4.69, 9.17) is 16.3 Å². The molecule has 0 saturated carbocycles. The first-order chi connectivity index (χ1) is 12.5. The zero-order chi connectivity index (χ0) is 18.9. The van der Waals surface area contributed by atoms with Gasteiger partial charge in [0.15, 0.2) is 6.61 Å². The van der Waals surface area contributed by atoms with Crippen LogP contribution in [0.1, 0.15) is 30.9 Å². The molecule has 1 amide bonds. The number of carbonyl (C=O) groups is 1. The number of carbonyl (C=O) groups excluding carboxylic acids is 1. The van der Waals surface area contributed by atoms with Crippen LogP contribution in [0.5, 0.6) is 5.75 Å². The summed E-state index contributed by atoms with van der Waals surface area (Å²) in [5.41, 5.74) is 1.73. The van der Waals surface area contributed by atoms with Gasteiger partial charge < -0.3 is 10.1 Å². The summed E-state index contributed by atoms with van der Waals surface area (Å²) in [5.74, 6) is 1.80. The molecule has 0 spiro atoms. The molecular formula is C20H23ClFNO2S. The van der Waals surface area contributed by atoms with Gasteiger partial charge in [-0.3, -0.25) is 4.79 Å². The van der Waals surface area contributed by atoms with Gasteiger partial charge in [-0.25, -0.2) is 4.39 Å². The van der Waals surface area contributed by atoms with Crippen LogP contribution in [0.4, 0.5) is 4.39 Å². The molecule has 2 rings (SSSR count). The summed E-state index contributed by atoms with van der Waals surface area (Å²) in [5, 5.41) is 3.22. The molecule has 0 fully saturated rings. The van der Waals surface area contributed by atoms with Crippen LogP contribution in [0.2, 0.25) is 5.02 Å². The van der Waals surface area contributed by atoms with Gasteiger partial charge in [-0.05, 0) is 35.7 Å². The summed E-state index contributed by atoms with van der Waals surface area (Å²) in [6.45, 7) is 4.72. The Morgan fingerprint density at radius 2 is 1.96 bits per heavy atom. The lowest BCUT2D eigenvalue weighted by Gasteiger charge is -2.10. The molecule has 0 aromatic heterocycles. The maximum atomic E-state index is 13.6. The number of benzene rings is 2. The van der Waals surface area contributed by atoms with Crippen LogP contribution in [-0.2, 0) is 10.5 Å². The van der Waals surface area contributed by atoms with Gasteiger partial charge >= 0.3 is 0 Å². The van der Waals surface area contributed by atoms with Crippen molar-refractivity contribution in [2.24, 2.45) is 0 Å². The van der Waals surface area contributed by atoms with Crippen molar-refractivity contribution in [3.8, 4) is 5.75 Å². The molecule has 0 unspecified atom stereocenters. The summed E-state index contributed by atoms with van der Waals surface area (Å²) in [7, 11) is 0. The van der Waals surface area contributed by atoms with E-state index in [1.807, 2.05) is 24.3 Å². The van der Waals surface area contributed by atoms with Crippen LogP contribution >= 0.6 is 23.4 Å². The van der Waals surface area contributed by atoms with Crippen molar-refractivity contribution in [2.75, 3.05) is 18.9 Å². The first kappa shape index (κ1) is 20.6. The van der Waals surface area contributed by atoms with Gasteiger partial charge in [-0.15, -0.1) is 0 Å². The van der Waals surface area contributed by atoms with E-state index in [2.05, 4.69) is 19.2 Å². The molecule has 1 N–H and O–H groups in total. The molecule has 2 aromatic carbocycles. The topological polar surface area (TPSA) is 38.3 Å². The maximum absolute atomic E-state index is 13.6. The van der Waals surface area contributed by atoms with E-state index in [-0.39, 0.29) is 18.3 Å². The quantitative estimate of drug-likeness (QED) is 0.605. The Bertz CT molecular complexity index is 702. The minimum Gasteiger partial charge on any atom is -0.484 e. The number of rotatable bonds is 9. The first-order valence-electron chi connectivity index (χ1n) is 8.47. The van der Waals surface area contributed by atoms with E-state index in [1.54, 1.807) is 12.1 Å². The molecule has 0 saturated heterocycles. The van der Waals surface area contributed by atoms with Gasteiger partial charge in [-0.1, -0.05) is 43.6 Å². The predicted octanol–water partition coefficient (Wildman–Crippen LogP) is 5.03. The van der Waals surface area contributed by atoms with Crippen LogP contribution in [0, 0.1) is 5.82 Å². The van der Waals surface area contributed by atoms with Crippen LogP contribution in [-0.4, -0.2) is 24.8 Å². The Morgan fingerprint density at radius 1 is 1.23 bits per heavy atom. The van der Waals surface area contributed by atoms with Crippen LogP contribution in [0.25, 0.3) is 0 Å². The normalized spacial score (nSPS) is 10.8. The number of hydrogen-bond donors (Lipinski definition) is 1. The fraction of sp³-hybridized carbons (Fsp3) is 0.350. The number of amides is 1. The van der Waals surface area contributed by atoms with Crippen molar-refractivity contribution >= 4 is 29.3 Å². The lowest BCUT2D eigenvalue weighted by atomic mass is 10.0. The molecule has 0 radical (unpaired) electrons. The van der Waals surface area contributed by atoms with Crippen molar-refractivity contribution in [1.82, 2.24) is 5.32 Å². The van der Waals surface area contributed by atoms with Crippen molar-refractivity contribution in [1.29, 1.82) is 0 Å². The zero-order valence-corrected chi connectivity index (χ0v) is 16.5. The highest BCUT2D eigenvalue weighted by Gasteiger charge is 2.07. The Balaban J connectivity index is 1.63. The lowest BCUT2D eigenvalue weighted by Crippen LogP contribution is -2.30. The smallest absolute Gasteiger partial charge is 0.257 e. The van der Waals surface area contributed by atoms with E-state index in [0.29, 0.717) is 40.3 Å². The molecule has 6 heteroatoms. The Morgan fingerprint density at radius 3 is 2.62 bits per heavy atom. The molecule has 0 aliphatic rings. The number of thioether (sulfide) groups is 1. The van der Waals surface area contributed by atoms with E-state index in [1.165, 1.54) is 23.4 Å². The summed E-state index contributed by atoms with van der Waals surface area (Å²) in [6, 6.07) is 12.4. The summed E-state index contributed by atoms with van der Waals surface area (Å²) in [4.78, 5) is 11.8. The summed E-state index contributed by atoms with van der Waals surface area (Å²) in [6.07, 6.45) is 0. The second kappa shape index (κ2) is 10.4. The molecule has 0 aliphatic heterocycles. The number of hydrogen-bond acceptors (Lipinski definition) is 3. The fourth-order valence-corrected chi connectivity index (χ4v) is 3.45. The molecule has 0 aliphatic carbocycles. The first-order valence-corrected chi connectivity index (χ1v) is 10.0. The second-order valence-corrected chi connectivity index (χ2v) is 7.63. The van der Waals surface area contributed by atoms with E-state index >= 15 is 0 Å². The summed E-state index contributed by atoms with van der Waals surface area (Å²) >= 11 is 7.49. The van der Waals surface area contributed by atoms with Crippen LogP contribution in [0.3, 0.4) is 0 Å². The monoisotopic (exact) mass is 395 g/mol. The molecule has 0 bridgehead atoms. The molecule has 0 heterocycles. The third kappa shape index (κ3) is 6.54. The van der Waals surface area contributed by atoms with Crippen molar-refractivity contribution in [3.05, 3.63) is 64.4 Å². The van der Waals surface area contributed by atoms with Gasteiger partial charge in [0, 0.05) is 28.6 Å². The summed E-state index contributed by atoms with van der Waals surface area (Å²) < 4.78 is 19.1. The minimum atomic E-state index is -0.300. The second-order valence-electron chi connectivity index (χ2n) is 6.12. The van der Waals surface area contributed by atoms with Crippen molar-refractivity contribution in [2.45, 2.75) is 25.5 Å². The molecule has 2 aromatic rings. The Hall–Kier alpha value is -1.72. The standard InChI is InChI=1S/C20H23ClFNO2S/c1-14(2)15-6-8-16(9-7-15)25-12-20(24)23-10-11-26-13-17-18(21)4-3-5-19(17)22/h3-9,14H,10-13H2,1-2H3,(H,23,24). The van der Waals surface area contributed by atoms with Gasteiger partial charge in [0.1, 0.15) is 11.6 Å². The number of halogens is 2. The molecule has 0 atom stereocenters. The van der Waals surface area contributed by atoms with Gasteiger partial charge in [0.25, 0.3) is 5.91 Å². The maximum Gasteiger partial charge on any atom is 0.257 e. The fourth-order valence-electron chi connectivity index (χ4n) is 2.26. The SMILES string of the molecule is CC(C)c1ccc(OCC(=O)NCCSCc2c(F)cccc2Cl)cc1. The van der Waals surface area contributed by atoms with Gasteiger partial charge in [0.05, 0.1) is 0 Å². The molecule has 3 nitrogen and oxygen atoms in total. The lowest BCUT2D eigenvalue weighted by molar-refractivity contribution is -0.122. The molecular weight excluding hydrogens is 373 g/mol. The van der Waals surface area contributed by atoms with Crippen LogP contribution < -0.4 is 10.1 Å². The van der Waals surface area contributed by atoms with Crippen molar-refractivity contribution < 1.29 is 13.9 Å². The minimum absolute atomic E-state index is 0.0230. The highest BCUT2D eigenvalue weighted by molar-refractivity contribution is 7.98. The Kier molecular flexibility index (Phi) is 8.26. The third-order valence-electron chi connectivity index (χ3n) is 3.79. The largest absolute Gasteiger partial charge is 0.484 e. The molecule has 140 valence electrons. The van der Waals surface area contributed by atoms with Gasteiger partial charge in [-0.2, -0.15) is 11.8 Å². The average molecular weight is 396 g/mol. The number of ether oxygens (including phenoxy) is 1. The van der Waals surface area contributed by atoms with Gasteiger partial charge in [0.2, 0.25) is 0 Å².